The van der Waals surface area contributed by atoms with E-state index in [0.29, 0.717) is 62.2 Å². The van der Waals surface area contributed by atoms with E-state index in [2.05, 4.69) is 10.1 Å². The average molecular weight is 423 g/mol. The topological polar surface area (TPSA) is 79.5 Å². The Kier molecular flexibility index (Phi) is 7.19. The van der Waals surface area contributed by atoms with Gasteiger partial charge in [-0.15, -0.1) is 0 Å². The maximum absolute atomic E-state index is 13.9. The molecule has 156 valence electrons. The van der Waals surface area contributed by atoms with Gasteiger partial charge >= 0.3 is 0 Å². The summed E-state index contributed by atoms with van der Waals surface area (Å²) in [7, 11) is 0. The molecule has 0 saturated carbocycles. The number of piperazine rings is 1. The second-order valence-electron chi connectivity index (χ2n) is 7.01. The van der Waals surface area contributed by atoms with Crippen LogP contribution >= 0.6 is 11.6 Å². The molecule has 0 atom stereocenters. The van der Waals surface area contributed by atoms with E-state index in [1.807, 2.05) is 6.92 Å². The SMILES string of the molecule is CCCc1noc(CCCC(=O)N2CCN(C(=O)c3cc(Cl)ccc3F)CC2)n1. The Bertz CT molecular complexity index is 865. The number of aryl methyl sites for hydroxylation is 2. The first kappa shape index (κ1) is 21.2. The van der Waals surface area contributed by atoms with Crippen LogP contribution in [0.15, 0.2) is 22.7 Å². The van der Waals surface area contributed by atoms with Gasteiger partial charge in [-0.1, -0.05) is 23.7 Å². The van der Waals surface area contributed by atoms with E-state index < -0.39 is 11.7 Å². The second kappa shape index (κ2) is 9.82. The third-order valence-corrected chi connectivity index (χ3v) is 5.08. The molecule has 0 bridgehead atoms. The standard InChI is InChI=1S/C20H24ClFN4O3/c1-2-4-17-23-18(29-24-17)5-3-6-19(27)25-9-11-26(12-10-25)20(28)15-13-14(21)7-8-16(15)22/h7-8,13H,2-6,9-12H2,1H3. The molecule has 1 saturated heterocycles. The molecular weight excluding hydrogens is 399 g/mol. The van der Waals surface area contributed by atoms with Crippen molar-refractivity contribution in [2.45, 2.75) is 39.0 Å². The predicted molar refractivity (Wildman–Crippen MR) is 105 cm³/mol. The van der Waals surface area contributed by atoms with Gasteiger partial charge in [0.2, 0.25) is 11.8 Å². The van der Waals surface area contributed by atoms with E-state index in [-0.39, 0.29) is 11.5 Å². The van der Waals surface area contributed by atoms with Gasteiger partial charge in [0.15, 0.2) is 5.82 Å². The molecule has 1 aromatic carbocycles. The Hall–Kier alpha value is -2.48. The van der Waals surface area contributed by atoms with Crippen LogP contribution < -0.4 is 0 Å². The van der Waals surface area contributed by atoms with E-state index in [4.69, 9.17) is 16.1 Å². The van der Waals surface area contributed by atoms with Crippen molar-refractivity contribution in [2.75, 3.05) is 26.2 Å². The Morgan fingerprint density at radius 1 is 1.17 bits per heavy atom. The van der Waals surface area contributed by atoms with E-state index in [1.54, 1.807) is 9.80 Å². The molecule has 0 radical (unpaired) electrons. The molecular formula is C20H24ClFN4O3. The Morgan fingerprint density at radius 2 is 1.90 bits per heavy atom. The fourth-order valence-electron chi connectivity index (χ4n) is 3.26. The Morgan fingerprint density at radius 3 is 2.62 bits per heavy atom. The maximum atomic E-state index is 13.9. The lowest BCUT2D eigenvalue weighted by Crippen LogP contribution is -2.50. The molecule has 2 heterocycles. The van der Waals surface area contributed by atoms with E-state index >= 15 is 0 Å². The lowest BCUT2D eigenvalue weighted by Gasteiger charge is -2.35. The minimum Gasteiger partial charge on any atom is -0.339 e. The van der Waals surface area contributed by atoms with Crippen LogP contribution in [-0.4, -0.2) is 57.9 Å². The highest BCUT2D eigenvalue weighted by Crippen LogP contribution is 2.18. The van der Waals surface area contributed by atoms with Gasteiger partial charge in [0, 0.05) is 50.5 Å². The molecule has 1 aliphatic heterocycles. The number of aromatic nitrogens is 2. The van der Waals surface area contributed by atoms with Crippen LogP contribution in [-0.2, 0) is 17.6 Å². The Labute approximate surface area is 173 Å². The van der Waals surface area contributed by atoms with Gasteiger partial charge in [-0.05, 0) is 31.0 Å². The first-order valence-corrected chi connectivity index (χ1v) is 10.2. The van der Waals surface area contributed by atoms with Crippen molar-refractivity contribution in [3.8, 4) is 0 Å². The number of halogens is 2. The van der Waals surface area contributed by atoms with Crippen molar-refractivity contribution < 1.29 is 18.5 Å². The average Bonchev–Trinajstić information content (AvgIpc) is 3.17. The molecule has 1 aromatic heterocycles. The molecule has 2 amide bonds. The summed E-state index contributed by atoms with van der Waals surface area (Å²) in [6, 6.07) is 3.92. The molecule has 7 nitrogen and oxygen atoms in total. The summed E-state index contributed by atoms with van der Waals surface area (Å²) in [6.45, 7) is 3.62. The van der Waals surface area contributed by atoms with Crippen LogP contribution in [0.3, 0.4) is 0 Å². The number of hydrogen-bond acceptors (Lipinski definition) is 5. The molecule has 0 aliphatic carbocycles. The number of benzene rings is 1. The minimum absolute atomic E-state index is 0.0272. The van der Waals surface area contributed by atoms with Gasteiger partial charge in [0.1, 0.15) is 5.82 Å². The Balaban J connectivity index is 1.44. The summed E-state index contributed by atoms with van der Waals surface area (Å²) in [5, 5.41) is 4.21. The lowest BCUT2D eigenvalue weighted by molar-refractivity contribution is -0.132. The molecule has 1 aliphatic rings. The summed E-state index contributed by atoms with van der Waals surface area (Å²) in [5.74, 6) is 0.280. The maximum Gasteiger partial charge on any atom is 0.257 e. The quantitative estimate of drug-likeness (QED) is 0.684. The third kappa shape index (κ3) is 5.53. The van der Waals surface area contributed by atoms with E-state index in [1.165, 1.54) is 18.2 Å². The first-order chi connectivity index (χ1) is 14.0. The zero-order chi connectivity index (χ0) is 20.8. The largest absolute Gasteiger partial charge is 0.339 e. The summed E-state index contributed by atoms with van der Waals surface area (Å²) in [4.78, 5) is 32.5. The fourth-order valence-corrected chi connectivity index (χ4v) is 3.43. The monoisotopic (exact) mass is 422 g/mol. The van der Waals surface area contributed by atoms with Crippen LogP contribution in [0.5, 0.6) is 0 Å². The van der Waals surface area contributed by atoms with Gasteiger partial charge in [0.25, 0.3) is 5.91 Å². The highest BCUT2D eigenvalue weighted by atomic mass is 35.5. The normalized spacial score (nSPS) is 14.3. The highest BCUT2D eigenvalue weighted by molar-refractivity contribution is 6.31. The summed E-state index contributed by atoms with van der Waals surface area (Å²) in [5.41, 5.74) is -0.0423. The smallest absolute Gasteiger partial charge is 0.257 e. The van der Waals surface area contributed by atoms with Gasteiger partial charge < -0.3 is 14.3 Å². The van der Waals surface area contributed by atoms with Gasteiger partial charge in [-0.3, -0.25) is 9.59 Å². The predicted octanol–water partition coefficient (Wildman–Crippen LogP) is 3.12. The highest BCUT2D eigenvalue weighted by Gasteiger charge is 2.26. The van der Waals surface area contributed by atoms with Crippen molar-refractivity contribution in [3.63, 3.8) is 0 Å². The van der Waals surface area contributed by atoms with Crippen molar-refractivity contribution in [2.24, 2.45) is 0 Å². The van der Waals surface area contributed by atoms with Crippen LogP contribution in [0.1, 0.15) is 48.3 Å². The summed E-state index contributed by atoms with van der Waals surface area (Å²) >= 11 is 5.87. The number of amides is 2. The molecule has 0 N–H and O–H groups in total. The van der Waals surface area contributed by atoms with Crippen LogP contribution in [0.2, 0.25) is 5.02 Å². The minimum atomic E-state index is -0.596. The molecule has 3 rings (SSSR count). The van der Waals surface area contributed by atoms with Crippen LogP contribution in [0.4, 0.5) is 4.39 Å². The molecule has 0 spiro atoms. The first-order valence-electron chi connectivity index (χ1n) is 9.81. The number of rotatable bonds is 7. The number of carbonyl (C=O) groups excluding carboxylic acids is 2. The zero-order valence-corrected chi connectivity index (χ0v) is 17.1. The van der Waals surface area contributed by atoms with Gasteiger partial charge in [-0.2, -0.15) is 4.98 Å². The third-order valence-electron chi connectivity index (χ3n) is 4.84. The second-order valence-corrected chi connectivity index (χ2v) is 7.44. The van der Waals surface area contributed by atoms with Crippen LogP contribution in [0.25, 0.3) is 0 Å². The summed E-state index contributed by atoms with van der Waals surface area (Å²) in [6.07, 6.45) is 3.30. The molecule has 9 heteroatoms. The van der Waals surface area contributed by atoms with Gasteiger partial charge in [-0.25, -0.2) is 4.39 Å². The molecule has 29 heavy (non-hydrogen) atoms. The number of hydrogen-bond donors (Lipinski definition) is 0. The molecule has 0 unspecified atom stereocenters. The number of nitrogens with zero attached hydrogens (tertiary/aromatic N) is 4. The lowest BCUT2D eigenvalue weighted by atomic mass is 10.1. The fraction of sp³-hybridized carbons (Fsp3) is 0.500. The van der Waals surface area contributed by atoms with E-state index in [9.17, 15) is 14.0 Å². The number of carbonyl (C=O) groups is 2. The van der Waals surface area contributed by atoms with Gasteiger partial charge in [0.05, 0.1) is 5.56 Å². The zero-order valence-electron chi connectivity index (χ0n) is 16.4. The van der Waals surface area contributed by atoms with Crippen molar-refractivity contribution >= 4 is 23.4 Å². The van der Waals surface area contributed by atoms with Crippen molar-refractivity contribution in [1.82, 2.24) is 19.9 Å². The van der Waals surface area contributed by atoms with Crippen molar-refractivity contribution in [3.05, 3.63) is 46.3 Å². The molecule has 1 fully saturated rings. The van der Waals surface area contributed by atoms with E-state index in [0.717, 1.165) is 12.8 Å². The van der Waals surface area contributed by atoms with Crippen LogP contribution in [0, 0.1) is 5.82 Å². The van der Waals surface area contributed by atoms with Crippen molar-refractivity contribution in [1.29, 1.82) is 0 Å². The molecule has 2 aromatic rings. The summed E-state index contributed by atoms with van der Waals surface area (Å²) < 4.78 is 19.1.